The number of sulfonamides is 1. The zero-order valence-corrected chi connectivity index (χ0v) is 18.6. The van der Waals surface area contributed by atoms with Crippen LogP contribution in [0.15, 0.2) is 84.1 Å². The molecular formula is C25H23FN4O2S. The largest absolute Gasteiger partial charge is 0.306 e. The van der Waals surface area contributed by atoms with Crippen LogP contribution in [0, 0.1) is 5.95 Å². The highest BCUT2D eigenvalue weighted by molar-refractivity contribution is 7.89. The van der Waals surface area contributed by atoms with Crippen LogP contribution in [0.5, 0.6) is 0 Å². The van der Waals surface area contributed by atoms with Gasteiger partial charge in [-0.25, -0.2) is 18.1 Å². The number of aromatic nitrogens is 2. The molecule has 6 nitrogen and oxygen atoms in total. The number of rotatable bonds is 6. The Balaban J connectivity index is 1.23. The van der Waals surface area contributed by atoms with E-state index in [2.05, 4.69) is 20.0 Å². The fourth-order valence-electron chi connectivity index (χ4n) is 4.31. The first kappa shape index (κ1) is 21.6. The maximum absolute atomic E-state index is 13.0. The Bertz CT molecular complexity index is 1370. The van der Waals surface area contributed by atoms with E-state index in [1.807, 2.05) is 30.3 Å². The van der Waals surface area contributed by atoms with E-state index in [-0.39, 0.29) is 17.0 Å². The highest BCUT2D eigenvalue weighted by Gasteiger charge is 2.27. The lowest BCUT2D eigenvalue weighted by molar-refractivity contribution is 0.529. The fourth-order valence-corrected chi connectivity index (χ4v) is 5.62. The Morgan fingerprint density at radius 2 is 1.79 bits per heavy atom. The number of fused-ring (bicyclic) bond motifs is 1. The summed E-state index contributed by atoms with van der Waals surface area (Å²) < 4.78 is 41.7. The summed E-state index contributed by atoms with van der Waals surface area (Å²) in [5.41, 5.74) is 2.97. The number of hydrogen-bond acceptors (Lipinski definition) is 5. The monoisotopic (exact) mass is 462 g/mol. The van der Waals surface area contributed by atoms with Gasteiger partial charge >= 0.3 is 0 Å². The predicted octanol–water partition coefficient (Wildman–Crippen LogP) is 4.21. The van der Waals surface area contributed by atoms with Crippen LogP contribution < -0.4 is 10.0 Å². The Morgan fingerprint density at radius 1 is 0.970 bits per heavy atom. The normalized spacial score (nSPS) is 18.6. The van der Waals surface area contributed by atoms with E-state index in [1.54, 1.807) is 36.7 Å². The average Bonchev–Trinajstić information content (AvgIpc) is 3.32. The zero-order chi connectivity index (χ0) is 22.8. The lowest BCUT2D eigenvalue weighted by Gasteiger charge is -2.16. The molecule has 4 aromatic rings. The summed E-state index contributed by atoms with van der Waals surface area (Å²) in [5, 5.41) is 4.99. The van der Waals surface area contributed by atoms with Gasteiger partial charge in [0.05, 0.1) is 4.90 Å². The van der Waals surface area contributed by atoms with Crippen LogP contribution in [0.3, 0.4) is 0 Å². The van der Waals surface area contributed by atoms with E-state index < -0.39 is 16.0 Å². The highest BCUT2D eigenvalue weighted by Crippen LogP contribution is 2.29. The van der Waals surface area contributed by atoms with Gasteiger partial charge in [0, 0.05) is 53.6 Å². The summed E-state index contributed by atoms with van der Waals surface area (Å²) in [4.78, 5) is 8.04. The summed E-state index contributed by atoms with van der Waals surface area (Å²) in [6.45, 7) is 0.319. The predicted molar refractivity (Wildman–Crippen MR) is 125 cm³/mol. The molecule has 1 fully saturated rings. The number of nitrogens with one attached hydrogen (secondary N) is 2. The second kappa shape index (κ2) is 8.97. The van der Waals surface area contributed by atoms with E-state index >= 15 is 0 Å². The van der Waals surface area contributed by atoms with Gasteiger partial charge in [0.1, 0.15) is 0 Å². The molecule has 1 aliphatic heterocycles. The van der Waals surface area contributed by atoms with Crippen LogP contribution in [0.25, 0.3) is 21.9 Å². The Hall–Kier alpha value is -3.20. The first-order valence-corrected chi connectivity index (χ1v) is 12.3. The molecule has 0 unspecified atom stereocenters. The van der Waals surface area contributed by atoms with Crippen LogP contribution in [-0.2, 0) is 10.0 Å². The third-order valence-electron chi connectivity index (χ3n) is 6.06. The molecule has 2 N–H and O–H groups in total. The van der Waals surface area contributed by atoms with Crippen molar-refractivity contribution >= 4 is 20.8 Å². The molecule has 168 valence electrons. The van der Waals surface area contributed by atoms with Gasteiger partial charge in [0.15, 0.2) is 0 Å². The van der Waals surface area contributed by atoms with E-state index in [0.29, 0.717) is 11.9 Å². The van der Waals surface area contributed by atoms with E-state index in [1.165, 1.54) is 12.3 Å². The Kier molecular flexibility index (Phi) is 5.88. The SMILES string of the molecule is O=S(=O)(NC[C@@H]1CC[C@@H](c2ccc(-c3ccc(F)nc3)cc2)N1)c1cccc2cnccc12. The lowest BCUT2D eigenvalue weighted by atomic mass is 10.0. The molecule has 0 bridgehead atoms. The van der Waals surface area contributed by atoms with Crippen LogP contribution in [0.4, 0.5) is 4.39 Å². The van der Waals surface area contributed by atoms with Crippen molar-refractivity contribution in [1.82, 2.24) is 20.0 Å². The quantitative estimate of drug-likeness (QED) is 0.420. The summed E-state index contributed by atoms with van der Waals surface area (Å²) in [5.74, 6) is -0.496. The van der Waals surface area contributed by atoms with Crippen molar-refractivity contribution in [3.8, 4) is 11.1 Å². The summed E-state index contributed by atoms with van der Waals surface area (Å²) in [7, 11) is -3.65. The Morgan fingerprint density at radius 3 is 2.58 bits per heavy atom. The first-order valence-electron chi connectivity index (χ1n) is 10.8. The molecule has 0 aliphatic carbocycles. The molecule has 1 saturated heterocycles. The van der Waals surface area contributed by atoms with Crippen LogP contribution in [0.1, 0.15) is 24.4 Å². The average molecular weight is 463 g/mol. The van der Waals surface area contributed by atoms with Gasteiger partial charge < -0.3 is 5.32 Å². The van der Waals surface area contributed by atoms with Gasteiger partial charge in [-0.3, -0.25) is 4.98 Å². The van der Waals surface area contributed by atoms with Gasteiger partial charge in [-0.2, -0.15) is 4.39 Å². The molecule has 5 rings (SSSR count). The molecule has 2 aromatic heterocycles. The van der Waals surface area contributed by atoms with Crippen LogP contribution >= 0.6 is 0 Å². The minimum atomic E-state index is -3.65. The molecule has 33 heavy (non-hydrogen) atoms. The Labute approximate surface area is 192 Å². The van der Waals surface area contributed by atoms with Crippen molar-refractivity contribution in [2.24, 2.45) is 0 Å². The van der Waals surface area contributed by atoms with E-state index in [0.717, 1.165) is 34.9 Å². The van der Waals surface area contributed by atoms with Gasteiger partial charge in [-0.1, -0.05) is 36.4 Å². The molecule has 2 atom stereocenters. The molecule has 2 aromatic carbocycles. The van der Waals surface area contributed by atoms with E-state index in [4.69, 9.17) is 0 Å². The number of pyridine rings is 2. The molecule has 0 spiro atoms. The second-order valence-corrected chi connectivity index (χ2v) is 9.93. The standard InChI is InChI=1S/C25H23FN4O2S/c26-25-11-8-19(15-28-25)17-4-6-18(7-5-17)23-10-9-21(30-23)16-29-33(31,32)24-3-1-2-20-14-27-13-12-22(20)24/h1-8,11-15,21,23,29-30H,9-10,16H2/t21-,23-/m0/s1. The third kappa shape index (κ3) is 4.64. The second-order valence-electron chi connectivity index (χ2n) is 8.19. The molecular weight excluding hydrogens is 439 g/mol. The van der Waals surface area contributed by atoms with Crippen LogP contribution in [0.2, 0.25) is 0 Å². The van der Waals surface area contributed by atoms with Crippen molar-refractivity contribution in [2.45, 2.75) is 29.8 Å². The minimum absolute atomic E-state index is 0.0439. The topological polar surface area (TPSA) is 84.0 Å². The highest BCUT2D eigenvalue weighted by atomic mass is 32.2. The van der Waals surface area contributed by atoms with Gasteiger partial charge in [0.25, 0.3) is 0 Å². The maximum atomic E-state index is 13.0. The number of nitrogens with zero attached hydrogens (tertiary/aromatic N) is 2. The molecule has 0 amide bonds. The molecule has 1 aliphatic rings. The van der Waals surface area contributed by atoms with Crippen molar-refractivity contribution in [2.75, 3.05) is 6.54 Å². The number of hydrogen-bond donors (Lipinski definition) is 2. The number of benzene rings is 2. The lowest BCUT2D eigenvalue weighted by Crippen LogP contribution is -2.37. The zero-order valence-electron chi connectivity index (χ0n) is 17.8. The molecule has 0 radical (unpaired) electrons. The minimum Gasteiger partial charge on any atom is -0.306 e. The fraction of sp³-hybridized carbons (Fsp3) is 0.200. The summed E-state index contributed by atoms with van der Waals surface area (Å²) in [6, 6.07) is 18.3. The molecule has 0 saturated carbocycles. The van der Waals surface area contributed by atoms with Gasteiger partial charge in [-0.05, 0) is 48.2 Å². The van der Waals surface area contributed by atoms with E-state index in [9.17, 15) is 12.8 Å². The summed E-state index contributed by atoms with van der Waals surface area (Å²) >= 11 is 0. The third-order valence-corrected chi connectivity index (χ3v) is 7.55. The van der Waals surface area contributed by atoms with Gasteiger partial charge in [-0.15, -0.1) is 0 Å². The maximum Gasteiger partial charge on any atom is 0.241 e. The van der Waals surface area contributed by atoms with Crippen molar-refractivity contribution < 1.29 is 12.8 Å². The number of halogens is 1. The molecule has 8 heteroatoms. The smallest absolute Gasteiger partial charge is 0.241 e. The van der Waals surface area contributed by atoms with Crippen molar-refractivity contribution in [3.05, 3.63) is 90.8 Å². The van der Waals surface area contributed by atoms with Crippen molar-refractivity contribution in [1.29, 1.82) is 0 Å². The van der Waals surface area contributed by atoms with Gasteiger partial charge in [0.2, 0.25) is 16.0 Å². The first-order chi connectivity index (χ1) is 16.0. The van der Waals surface area contributed by atoms with Crippen molar-refractivity contribution in [3.63, 3.8) is 0 Å². The molecule has 3 heterocycles. The van der Waals surface area contributed by atoms with Crippen LogP contribution in [-0.4, -0.2) is 31.0 Å². The summed E-state index contributed by atoms with van der Waals surface area (Å²) in [6.07, 6.45) is 6.57.